The number of primary amides is 1. The minimum atomic E-state index is -0.223. The lowest BCUT2D eigenvalue weighted by molar-refractivity contribution is -0.132. The molecule has 2 heteroatoms. The van der Waals surface area contributed by atoms with Crippen molar-refractivity contribution >= 4 is 5.91 Å². The molecule has 0 bridgehead atoms. The van der Waals surface area contributed by atoms with E-state index in [4.69, 9.17) is 5.73 Å². The quantitative estimate of drug-likeness (QED) is 0.549. The Morgan fingerprint density at radius 1 is 1.05 bits per heavy atom. The molecule has 0 aromatic rings. The number of carbonyl (C=O) groups is 1. The van der Waals surface area contributed by atoms with Gasteiger partial charge in [0.2, 0.25) is 5.91 Å². The van der Waals surface area contributed by atoms with Gasteiger partial charge < -0.3 is 5.73 Å². The van der Waals surface area contributed by atoms with E-state index < -0.39 is 0 Å². The van der Waals surface area contributed by atoms with Gasteiger partial charge in [-0.1, -0.05) is 78.1 Å². The molecule has 118 valence electrons. The molecule has 0 aromatic heterocycles. The first-order valence-corrected chi connectivity index (χ1v) is 8.91. The summed E-state index contributed by atoms with van der Waals surface area (Å²) >= 11 is 0. The Balaban J connectivity index is 2.15. The Morgan fingerprint density at radius 3 is 2.25 bits per heavy atom. The SMILES string of the molecule is CCCCCCCCCCC1CCCCC1(C)C(N)=O. The van der Waals surface area contributed by atoms with Crippen LogP contribution in [0.15, 0.2) is 0 Å². The molecule has 2 nitrogen and oxygen atoms in total. The van der Waals surface area contributed by atoms with Gasteiger partial charge in [-0.25, -0.2) is 0 Å². The summed E-state index contributed by atoms with van der Waals surface area (Å²) in [6.45, 7) is 4.36. The minimum absolute atomic E-state index is 0.0678. The molecule has 1 amide bonds. The fraction of sp³-hybridized carbons (Fsp3) is 0.944. The van der Waals surface area contributed by atoms with Gasteiger partial charge in [0.25, 0.3) is 0 Å². The van der Waals surface area contributed by atoms with Gasteiger partial charge >= 0.3 is 0 Å². The van der Waals surface area contributed by atoms with E-state index >= 15 is 0 Å². The van der Waals surface area contributed by atoms with Crippen molar-refractivity contribution in [1.29, 1.82) is 0 Å². The molecule has 2 atom stereocenters. The van der Waals surface area contributed by atoms with Crippen LogP contribution in [0.25, 0.3) is 0 Å². The molecule has 1 fully saturated rings. The lowest BCUT2D eigenvalue weighted by Gasteiger charge is -2.39. The number of carbonyl (C=O) groups excluding carboxylic acids is 1. The lowest BCUT2D eigenvalue weighted by atomic mass is 9.65. The molecule has 0 heterocycles. The van der Waals surface area contributed by atoms with Crippen LogP contribution in [0, 0.1) is 11.3 Å². The van der Waals surface area contributed by atoms with Crippen molar-refractivity contribution in [3.05, 3.63) is 0 Å². The Bertz CT molecular complexity index is 277. The maximum atomic E-state index is 11.7. The highest BCUT2D eigenvalue weighted by Crippen LogP contribution is 2.43. The van der Waals surface area contributed by atoms with E-state index in [0.717, 1.165) is 6.42 Å². The molecular formula is C18H35NO. The summed E-state index contributed by atoms with van der Waals surface area (Å²) in [4.78, 5) is 11.7. The summed E-state index contributed by atoms with van der Waals surface area (Å²) in [7, 11) is 0. The minimum Gasteiger partial charge on any atom is -0.369 e. The number of unbranched alkanes of at least 4 members (excludes halogenated alkanes) is 7. The van der Waals surface area contributed by atoms with Gasteiger partial charge in [-0.15, -0.1) is 0 Å². The number of hydrogen-bond donors (Lipinski definition) is 1. The molecule has 1 saturated carbocycles. The highest BCUT2D eigenvalue weighted by molar-refractivity contribution is 5.80. The zero-order chi connectivity index (χ0) is 14.8. The molecule has 0 radical (unpaired) electrons. The first kappa shape index (κ1) is 17.5. The summed E-state index contributed by atoms with van der Waals surface area (Å²) in [6, 6.07) is 0. The fourth-order valence-corrected chi connectivity index (χ4v) is 3.72. The molecule has 20 heavy (non-hydrogen) atoms. The summed E-state index contributed by atoms with van der Waals surface area (Å²) < 4.78 is 0. The predicted octanol–water partition coefficient (Wildman–Crippen LogP) is 5.20. The van der Waals surface area contributed by atoms with E-state index in [-0.39, 0.29) is 11.3 Å². The standard InChI is InChI=1S/C18H35NO/c1-3-4-5-6-7-8-9-10-13-16-14-11-12-15-18(16,2)17(19)20/h16H,3-15H2,1-2H3,(H2,19,20). The average Bonchev–Trinajstić information content (AvgIpc) is 2.43. The Morgan fingerprint density at radius 2 is 1.65 bits per heavy atom. The predicted molar refractivity (Wildman–Crippen MR) is 86.5 cm³/mol. The number of hydrogen-bond acceptors (Lipinski definition) is 1. The second-order valence-corrected chi connectivity index (χ2v) is 6.99. The van der Waals surface area contributed by atoms with Gasteiger partial charge in [0.1, 0.15) is 0 Å². The Hall–Kier alpha value is -0.530. The van der Waals surface area contributed by atoms with Gasteiger partial charge in [-0.2, -0.15) is 0 Å². The van der Waals surface area contributed by atoms with Crippen LogP contribution in [-0.2, 0) is 4.79 Å². The Kier molecular flexibility index (Phi) is 8.25. The zero-order valence-corrected chi connectivity index (χ0v) is 13.8. The molecule has 2 unspecified atom stereocenters. The zero-order valence-electron chi connectivity index (χ0n) is 13.8. The van der Waals surface area contributed by atoms with Crippen molar-refractivity contribution < 1.29 is 4.79 Å². The van der Waals surface area contributed by atoms with Crippen LogP contribution in [0.4, 0.5) is 0 Å². The largest absolute Gasteiger partial charge is 0.369 e. The lowest BCUT2D eigenvalue weighted by Crippen LogP contribution is -2.42. The van der Waals surface area contributed by atoms with E-state index in [1.54, 1.807) is 0 Å². The van der Waals surface area contributed by atoms with Crippen molar-refractivity contribution in [3.8, 4) is 0 Å². The molecule has 0 aromatic carbocycles. The van der Waals surface area contributed by atoms with Gasteiger partial charge in [0, 0.05) is 5.41 Å². The van der Waals surface area contributed by atoms with Gasteiger partial charge in [0.15, 0.2) is 0 Å². The van der Waals surface area contributed by atoms with Gasteiger partial charge in [0.05, 0.1) is 0 Å². The van der Waals surface area contributed by atoms with E-state index in [0.29, 0.717) is 5.92 Å². The van der Waals surface area contributed by atoms with Crippen molar-refractivity contribution in [1.82, 2.24) is 0 Å². The molecule has 2 N–H and O–H groups in total. The molecular weight excluding hydrogens is 246 g/mol. The van der Waals surface area contributed by atoms with E-state index in [2.05, 4.69) is 13.8 Å². The Labute approximate surface area is 125 Å². The van der Waals surface area contributed by atoms with Crippen LogP contribution in [0.2, 0.25) is 0 Å². The third kappa shape index (κ3) is 5.46. The van der Waals surface area contributed by atoms with Crippen LogP contribution in [0.3, 0.4) is 0 Å². The highest BCUT2D eigenvalue weighted by atomic mass is 16.1. The summed E-state index contributed by atoms with van der Waals surface area (Å²) in [5.41, 5.74) is 5.43. The second-order valence-electron chi connectivity index (χ2n) is 6.99. The van der Waals surface area contributed by atoms with Gasteiger partial charge in [-0.05, 0) is 25.2 Å². The van der Waals surface area contributed by atoms with Crippen LogP contribution < -0.4 is 5.73 Å². The number of rotatable bonds is 10. The van der Waals surface area contributed by atoms with Crippen LogP contribution in [-0.4, -0.2) is 5.91 Å². The number of amides is 1. The molecule has 1 rings (SSSR count). The molecule has 1 aliphatic rings. The topological polar surface area (TPSA) is 43.1 Å². The first-order valence-electron chi connectivity index (χ1n) is 8.91. The van der Waals surface area contributed by atoms with E-state index in [9.17, 15) is 4.79 Å². The average molecular weight is 281 g/mol. The smallest absolute Gasteiger partial charge is 0.223 e. The first-order chi connectivity index (χ1) is 9.61. The highest BCUT2D eigenvalue weighted by Gasteiger charge is 2.40. The van der Waals surface area contributed by atoms with E-state index in [1.807, 2.05) is 0 Å². The maximum absolute atomic E-state index is 11.7. The summed E-state index contributed by atoms with van der Waals surface area (Å²) in [6.07, 6.45) is 16.7. The molecule has 1 aliphatic carbocycles. The van der Waals surface area contributed by atoms with Crippen molar-refractivity contribution in [2.45, 2.75) is 97.3 Å². The molecule has 0 saturated heterocycles. The second kappa shape index (κ2) is 9.41. The van der Waals surface area contributed by atoms with Crippen molar-refractivity contribution in [2.75, 3.05) is 0 Å². The maximum Gasteiger partial charge on any atom is 0.223 e. The van der Waals surface area contributed by atoms with E-state index in [1.165, 1.54) is 77.0 Å². The molecule has 0 aliphatic heterocycles. The third-order valence-corrected chi connectivity index (χ3v) is 5.37. The van der Waals surface area contributed by atoms with Crippen molar-refractivity contribution in [3.63, 3.8) is 0 Å². The van der Waals surface area contributed by atoms with Crippen LogP contribution in [0.1, 0.15) is 97.3 Å². The van der Waals surface area contributed by atoms with Crippen molar-refractivity contribution in [2.24, 2.45) is 17.1 Å². The third-order valence-electron chi connectivity index (χ3n) is 5.37. The fourth-order valence-electron chi connectivity index (χ4n) is 3.72. The summed E-state index contributed by atoms with van der Waals surface area (Å²) in [5, 5.41) is 0. The van der Waals surface area contributed by atoms with Crippen LogP contribution >= 0.6 is 0 Å². The van der Waals surface area contributed by atoms with Crippen LogP contribution in [0.5, 0.6) is 0 Å². The summed E-state index contributed by atoms with van der Waals surface area (Å²) in [5.74, 6) is 0.468. The van der Waals surface area contributed by atoms with Gasteiger partial charge in [-0.3, -0.25) is 4.79 Å². The normalized spacial score (nSPS) is 26.6. The monoisotopic (exact) mass is 281 g/mol. The number of nitrogens with two attached hydrogens (primary N) is 1. The molecule has 0 spiro atoms.